The van der Waals surface area contributed by atoms with Gasteiger partial charge < -0.3 is 9.47 Å². The molecule has 2 rings (SSSR count). The molecule has 2 saturated heterocycles. The molecule has 0 saturated carbocycles. The van der Waals surface area contributed by atoms with Crippen molar-refractivity contribution in [3.63, 3.8) is 0 Å². The Morgan fingerprint density at radius 2 is 1.24 bits per heavy atom. The fraction of sp³-hybridized carbons (Fsp3) is 1.00. The lowest BCUT2D eigenvalue weighted by Crippen LogP contribution is -1.88. The average Bonchev–Trinajstić information content (AvgIpc) is 3.21. The van der Waals surface area contributed by atoms with Crippen molar-refractivity contribution in [3.05, 3.63) is 0 Å². The summed E-state index contributed by atoms with van der Waals surface area (Å²) in [6.07, 6.45) is 2.47. The SMILES string of the molecule is CCCSSC1OC1SC1OC1SSCCC. The van der Waals surface area contributed by atoms with Gasteiger partial charge in [-0.3, -0.25) is 0 Å². The van der Waals surface area contributed by atoms with Crippen LogP contribution in [0, 0.1) is 0 Å². The monoisotopic (exact) mass is 330 g/mol. The number of rotatable bonds is 10. The van der Waals surface area contributed by atoms with E-state index in [4.69, 9.17) is 9.47 Å². The number of hydrogen-bond donors (Lipinski definition) is 0. The lowest BCUT2D eigenvalue weighted by molar-refractivity contribution is 0.436. The first-order valence-electron chi connectivity index (χ1n) is 5.88. The van der Waals surface area contributed by atoms with Crippen molar-refractivity contribution >= 4 is 54.9 Å². The summed E-state index contributed by atoms with van der Waals surface area (Å²) in [6.45, 7) is 4.42. The number of epoxide rings is 2. The molecule has 4 unspecified atom stereocenters. The molecule has 2 aliphatic heterocycles. The van der Waals surface area contributed by atoms with E-state index in [-0.39, 0.29) is 0 Å². The zero-order valence-corrected chi connectivity index (χ0v) is 14.1. The quantitative estimate of drug-likeness (QED) is 0.326. The molecule has 0 spiro atoms. The number of ether oxygens (including phenoxy) is 2. The van der Waals surface area contributed by atoms with E-state index in [9.17, 15) is 0 Å². The molecule has 100 valence electrons. The molecule has 2 fully saturated rings. The lowest BCUT2D eigenvalue weighted by atomic mass is 10.6. The lowest BCUT2D eigenvalue weighted by Gasteiger charge is -1.94. The third-order valence-electron chi connectivity index (χ3n) is 2.00. The van der Waals surface area contributed by atoms with Gasteiger partial charge in [-0.2, -0.15) is 0 Å². The van der Waals surface area contributed by atoms with Crippen molar-refractivity contribution in [2.75, 3.05) is 11.5 Å². The summed E-state index contributed by atoms with van der Waals surface area (Å²) < 4.78 is 11.2. The molecule has 7 heteroatoms. The first-order chi connectivity index (χ1) is 8.35. The highest BCUT2D eigenvalue weighted by Crippen LogP contribution is 2.54. The van der Waals surface area contributed by atoms with Crippen LogP contribution in [0.5, 0.6) is 0 Å². The Labute approximate surface area is 124 Å². The maximum absolute atomic E-state index is 5.60. The average molecular weight is 331 g/mol. The van der Waals surface area contributed by atoms with Crippen LogP contribution in [0.2, 0.25) is 0 Å². The summed E-state index contributed by atoms with van der Waals surface area (Å²) >= 11 is 1.85. The Hall–Kier alpha value is 1.67. The molecule has 0 aromatic heterocycles. The number of hydrogen-bond acceptors (Lipinski definition) is 7. The van der Waals surface area contributed by atoms with Gasteiger partial charge in [0.05, 0.1) is 0 Å². The van der Waals surface area contributed by atoms with Gasteiger partial charge in [0.2, 0.25) is 0 Å². The van der Waals surface area contributed by atoms with Crippen LogP contribution >= 0.6 is 54.9 Å². The van der Waals surface area contributed by atoms with E-state index in [0.717, 1.165) is 0 Å². The molecule has 2 nitrogen and oxygen atoms in total. The van der Waals surface area contributed by atoms with Gasteiger partial charge in [-0.25, -0.2) is 0 Å². The third-order valence-corrected chi connectivity index (χ3v) is 9.07. The Balaban J connectivity index is 1.45. The van der Waals surface area contributed by atoms with Crippen molar-refractivity contribution in [3.8, 4) is 0 Å². The Bertz CT molecular complexity index is 209. The maximum Gasteiger partial charge on any atom is 0.150 e. The minimum absolute atomic E-state index is 0.371. The second-order valence-electron chi connectivity index (χ2n) is 3.72. The fourth-order valence-electron chi connectivity index (χ4n) is 1.03. The van der Waals surface area contributed by atoms with Crippen LogP contribution in [0.3, 0.4) is 0 Å². The molecule has 0 radical (unpaired) electrons. The predicted molar refractivity (Wildman–Crippen MR) is 85.6 cm³/mol. The molecule has 0 amide bonds. The molecule has 0 aromatic rings. The highest BCUT2D eigenvalue weighted by molar-refractivity contribution is 8.77. The van der Waals surface area contributed by atoms with Gasteiger partial charge in [0.15, 0.2) is 0 Å². The first kappa shape index (κ1) is 15.1. The topological polar surface area (TPSA) is 25.1 Å². The molecule has 0 aromatic carbocycles. The van der Waals surface area contributed by atoms with Crippen molar-refractivity contribution in [2.24, 2.45) is 0 Å². The normalized spacial score (nSPS) is 34.9. The van der Waals surface area contributed by atoms with Gasteiger partial charge in [-0.1, -0.05) is 68.8 Å². The Kier molecular flexibility index (Phi) is 7.15. The smallest absolute Gasteiger partial charge is 0.150 e. The molecule has 17 heavy (non-hydrogen) atoms. The van der Waals surface area contributed by atoms with Crippen molar-refractivity contribution in [1.29, 1.82) is 0 Å². The minimum atomic E-state index is 0.371. The van der Waals surface area contributed by atoms with E-state index in [1.165, 1.54) is 24.3 Å². The van der Waals surface area contributed by atoms with Crippen LogP contribution < -0.4 is 0 Å². The van der Waals surface area contributed by atoms with Gasteiger partial charge in [0, 0.05) is 11.5 Å². The van der Waals surface area contributed by atoms with E-state index in [1.807, 2.05) is 54.9 Å². The standard InChI is InChI=1S/C10H18O2S5/c1-3-5-13-16-9-7(11-9)15-8-10(12-8)17-14-6-4-2/h7-10H,3-6H2,1-2H3. The highest BCUT2D eigenvalue weighted by atomic mass is 33.1. The highest BCUT2D eigenvalue weighted by Gasteiger charge is 2.50. The third kappa shape index (κ3) is 5.67. The molecular formula is C10H18O2S5. The zero-order valence-electron chi connectivity index (χ0n) is 10.00. The van der Waals surface area contributed by atoms with Gasteiger partial charge >= 0.3 is 0 Å². The second kappa shape index (κ2) is 8.07. The Morgan fingerprint density at radius 3 is 1.65 bits per heavy atom. The van der Waals surface area contributed by atoms with Gasteiger partial charge in [-0.15, -0.1) is 0 Å². The fourth-order valence-corrected chi connectivity index (χ4v) is 7.77. The molecule has 4 atom stereocenters. The van der Waals surface area contributed by atoms with Gasteiger partial charge in [-0.05, 0) is 12.8 Å². The van der Waals surface area contributed by atoms with E-state index >= 15 is 0 Å². The van der Waals surface area contributed by atoms with E-state index in [2.05, 4.69) is 13.8 Å². The van der Waals surface area contributed by atoms with Crippen molar-refractivity contribution in [1.82, 2.24) is 0 Å². The Morgan fingerprint density at radius 1 is 0.765 bits per heavy atom. The van der Waals surface area contributed by atoms with E-state index in [1.54, 1.807) is 0 Å². The molecule has 0 N–H and O–H groups in total. The van der Waals surface area contributed by atoms with Gasteiger partial charge in [0.25, 0.3) is 0 Å². The largest absolute Gasteiger partial charge is 0.345 e. The van der Waals surface area contributed by atoms with Crippen LogP contribution in [0.1, 0.15) is 26.7 Å². The minimum Gasteiger partial charge on any atom is -0.345 e. The summed E-state index contributed by atoms with van der Waals surface area (Å²) in [7, 11) is 7.59. The molecule has 0 bridgehead atoms. The van der Waals surface area contributed by atoms with Crippen LogP contribution in [0.25, 0.3) is 0 Å². The molecule has 0 aliphatic carbocycles. The molecule has 2 heterocycles. The van der Waals surface area contributed by atoms with Gasteiger partial charge in [0.1, 0.15) is 21.7 Å². The number of thioether (sulfide) groups is 1. The van der Waals surface area contributed by atoms with Crippen LogP contribution in [-0.2, 0) is 9.47 Å². The molecule has 2 aliphatic rings. The second-order valence-corrected chi connectivity index (χ2v) is 10.1. The zero-order chi connectivity index (χ0) is 12.1. The summed E-state index contributed by atoms with van der Waals surface area (Å²) in [4.78, 5) is 0. The summed E-state index contributed by atoms with van der Waals surface area (Å²) in [5.74, 6) is 2.43. The van der Waals surface area contributed by atoms with Crippen molar-refractivity contribution < 1.29 is 9.47 Å². The van der Waals surface area contributed by atoms with Crippen molar-refractivity contribution in [2.45, 2.75) is 48.4 Å². The van der Waals surface area contributed by atoms with Crippen LogP contribution in [0.4, 0.5) is 0 Å². The van der Waals surface area contributed by atoms with Crippen LogP contribution in [0.15, 0.2) is 0 Å². The molecular weight excluding hydrogens is 312 g/mol. The first-order valence-corrected chi connectivity index (χ1v) is 11.6. The maximum atomic E-state index is 5.60. The summed E-state index contributed by atoms with van der Waals surface area (Å²) in [5.41, 5.74) is 1.54. The summed E-state index contributed by atoms with van der Waals surface area (Å²) in [5, 5.41) is 0. The van der Waals surface area contributed by atoms with Crippen LogP contribution in [-0.4, -0.2) is 33.2 Å². The van der Waals surface area contributed by atoms with E-state index < -0.39 is 0 Å². The van der Waals surface area contributed by atoms with E-state index in [0.29, 0.717) is 21.7 Å². The predicted octanol–water partition coefficient (Wildman–Crippen LogP) is 4.67. The summed E-state index contributed by atoms with van der Waals surface area (Å²) in [6, 6.07) is 0.